The summed E-state index contributed by atoms with van der Waals surface area (Å²) >= 11 is 0. The van der Waals surface area contributed by atoms with Crippen molar-refractivity contribution >= 4 is 5.84 Å². The fourth-order valence-electron chi connectivity index (χ4n) is 0.809. The SMILES string of the molecule is N=C(N)c1ncccc1CO. The van der Waals surface area contributed by atoms with Crippen molar-refractivity contribution < 1.29 is 5.11 Å². The topological polar surface area (TPSA) is 83.0 Å². The Labute approximate surface area is 64.2 Å². The van der Waals surface area contributed by atoms with Gasteiger partial charge in [-0.2, -0.15) is 0 Å². The van der Waals surface area contributed by atoms with E-state index < -0.39 is 0 Å². The van der Waals surface area contributed by atoms with E-state index in [1.807, 2.05) is 0 Å². The van der Waals surface area contributed by atoms with Gasteiger partial charge in [-0.15, -0.1) is 0 Å². The number of nitrogens with one attached hydrogen (secondary N) is 1. The molecule has 4 N–H and O–H groups in total. The van der Waals surface area contributed by atoms with Gasteiger partial charge < -0.3 is 10.8 Å². The van der Waals surface area contributed by atoms with Crippen LogP contribution in [0, 0.1) is 5.41 Å². The van der Waals surface area contributed by atoms with Crippen molar-refractivity contribution in [3.05, 3.63) is 29.6 Å². The molecule has 0 saturated heterocycles. The third-order valence-electron chi connectivity index (χ3n) is 1.32. The zero-order valence-corrected chi connectivity index (χ0v) is 5.91. The Balaban J connectivity index is 3.12. The van der Waals surface area contributed by atoms with Crippen molar-refractivity contribution in [2.45, 2.75) is 6.61 Å². The molecule has 0 spiro atoms. The summed E-state index contributed by atoms with van der Waals surface area (Å²) in [5.74, 6) is -0.116. The lowest BCUT2D eigenvalue weighted by atomic mass is 10.2. The minimum absolute atomic E-state index is 0.116. The zero-order chi connectivity index (χ0) is 8.27. The Bertz CT molecular complexity index is 272. The number of hydrogen-bond donors (Lipinski definition) is 3. The van der Waals surface area contributed by atoms with Crippen LogP contribution in [0.15, 0.2) is 18.3 Å². The third-order valence-corrected chi connectivity index (χ3v) is 1.32. The van der Waals surface area contributed by atoms with Crippen LogP contribution in [0.1, 0.15) is 11.3 Å². The van der Waals surface area contributed by atoms with Crippen LogP contribution < -0.4 is 5.73 Å². The summed E-state index contributed by atoms with van der Waals surface area (Å²) in [5.41, 5.74) is 6.14. The number of amidine groups is 1. The standard InChI is InChI=1S/C7H9N3O/c8-7(9)6-5(4-11)2-1-3-10-6/h1-3,11H,4H2,(H3,8,9). The fraction of sp³-hybridized carbons (Fsp3) is 0.143. The molecule has 1 heterocycles. The molecule has 1 rings (SSSR count). The molecule has 0 bridgehead atoms. The summed E-state index contributed by atoms with van der Waals surface area (Å²) in [4.78, 5) is 3.84. The van der Waals surface area contributed by atoms with Crippen LogP contribution in [0.25, 0.3) is 0 Å². The van der Waals surface area contributed by atoms with Gasteiger partial charge in [0.05, 0.1) is 6.61 Å². The molecule has 4 nitrogen and oxygen atoms in total. The van der Waals surface area contributed by atoms with Gasteiger partial charge in [0.25, 0.3) is 0 Å². The lowest BCUT2D eigenvalue weighted by molar-refractivity contribution is 0.281. The normalized spacial score (nSPS) is 9.55. The molecular formula is C7H9N3O. The van der Waals surface area contributed by atoms with Gasteiger partial charge in [-0.05, 0) is 6.07 Å². The number of aliphatic hydroxyl groups excluding tert-OH is 1. The third kappa shape index (κ3) is 1.53. The highest BCUT2D eigenvalue weighted by Crippen LogP contribution is 2.02. The Kier molecular flexibility index (Phi) is 2.18. The molecule has 0 amide bonds. The van der Waals surface area contributed by atoms with Crippen molar-refractivity contribution in [3.63, 3.8) is 0 Å². The highest BCUT2D eigenvalue weighted by Gasteiger charge is 2.03. The first-order valence-corrected chi connectivity index (χ1v) is 3.15. The molecule has 0 fully saturated rings. The van der Waals surface area contributed by atoms with Crippen LogP contribution in [0.2, 0.25) is 0 Å². The van der Waals surface area contributed by atoms with E-state index in [2.05, 4.69) is 4.98 Å². The molecule has 58 valence electrons. The average molecular weight is 151 g/mol. The molecule has 4 heteroatoms. The van der Waals surface area contributed by atoms with Crippen molar-refractivity contribution in [1.29, 1.82) is 5.41 Å². The second-order valence-electron chi connectivity index (χ2n) is 2.08. The van der Waals surface area contributed by atoms with E-state index in [9.17, 15) is 0 Å². The van der Waals surface area contributed by atoms with E-state index in [0.29, 0.717) is 11.3 Å². The number of nitrogens with two attached hydrogens (primary N) is 1. The van der Waals surface area contributed by atoms with Gasteiger partial charge in [-0.25, -0.2) is 0 Å². The van der Waals surface area contributed by atoms with Gasteiger partial charge in [0, 0.05) is 11.8 Å². The Hall–Kier alpha value is -1.42. The van der Waals surface area contributed by atoms with E-state index in [1.54, 1.807) is 12.1 Å². The molecule has 0 aliphatic carbocycles. The molecule has 11 heavy (non-hydrogen) atoms. The maximum absolute atomic E-state index is 8.78. The van der Waals surface area contributed by atoms with Crippen LogP contribution in [-0.4, -0.2) is 15.9 Å². The van der Waals surface area contributed by atoms with E-state index >= 15 is 0 Å². The van der Waals surface area contributed by atoms with Gasteiger partial charge in [0.2, 0.25) is 0 Å². The second-order valence-corrected chi connectivity index (χ2v) is 2.08. The van der Waals surface area contributed by atoms with Gasteiger partial charge >= 0.3 is 0 Å². The smallest absolute Gasteiger partial charge is 0.142 e. The average Bonchev–Trinajstić information content (AvgIpc) is 2.04. The highest BCUT2D eigenvalue weighted by atomic mass is 16.3. The summed E-state index contributed by atoms with van der Waals surface area (Å²) in [6, 6.07) is 3.38. The number of rotatable bonds is 2. The number of pyridine rings is 1. The molecule has 0 unspecified atom stereocenters. The van der Waals surface area contributed by atoms with Crippen LogP contribution in [-0.2, 0) is 6.61 Å². The molecule has 0 aromatic carbocycles. The number of aromatic nitrogens is 1. The van der Waals surface area contributed by atoms with E-state index in [1.165, 1.54) is 6.20 Å². The highest BCUT2D eigenvalue weighted by molar-refractivity contribution is 5.94. The van der Waals surface area contributed by atoms with Gasteiger partial charge in [-0.1, -0.05) is 6.07 Å². The van der Waals surface area contributed by atoms with E-state index in [4.69, 9.17) is 16.2 Å². The summed E-state index contributed by atoms with van der Waals surface area (Å²) in [6.45, 7) is -0.136. The molecule has 0 atom stereocenters. The molecule has 1 aromatic rings. The minimum atomic E-state index is -0.136. The Morgan fingerprint density at radius 1 is 1.73 bits per heavy atom. The number of hydrogen-bond acceptors (Lipinski definition) is 3. The predicted octanol–water partition coefficient (Wildman–Crippen LogP) is -0.142. The minimum Gasteiger partial charge on any atom is -0.392 e. The first kappa shape index (κ1) is 7.68. The summed E-state index contributed by atoms with van der Waals surface area (Å²) in [5, 5.41) is 15.9. The molecular weight excluding hydrogens is 142 g/mol. The summed E-state index contributed by atoms with van der Waals surface area (Å²) < 4.78 is 0. The quantitative estimate of drug-likeness (QED) is 0.406. The van der Waals surface area contributed by atoms with Crippen molar-refractivity contribution in [3.8, 4) is 0 Å². The van der Waals surface area contributed by atoms with Crippen LogP contribution in [0.4, 0.5) is 0 Å². The maximum Gasteiger partial charge on any atom is 0.142 e. The van der Waals surface area contributed by atoms with E-state index in [0.717, 1.165) is 0 Å². The zero-order valence-electron chi connectivity index (χ0n) is 5.91. The molecule has 1 aromatic heterocycles. The number of aliphatic hydroxyl groups is 1. The molecule has 0 saturated carbocycles. The number of nitrogens with zero attached hydrogens (tertiary/aromatic N) is 1. The summed E-state index contributed by atoms with van der Waals surface area (Å²) in [6.07, 6.45) is 1.54. The second kappa shape index (κ2) is 3.12. The van der Waals surface area contributed by atoms with Crippen molar-refractivity contribution in [2.24, 2.45) is 5.73 Å². The van der Waals surface area contributed by atoms with E-state index in [-0.39, 0.29) is 12.4 Å². The molecule has 0 aliphatic heterocycles. The van der Waals surface area contributed by atoms with Crippen molar-refractivity contribution in [1.82, 2.24) is 4.98 Å². The van der Waals surface area contributed by atoms with Crippen LogP contribution in [0.3, 0.4) is 0 Å². The summed E-state index contributed by atoms with van der Waals surface area (Å²) in [7, 11) is 0. The number of nitrogen functional groups attached to an aromatic ring is 1. The molecule has 0 aliphatic rings. The first-order chi connectivity index (χ1) is 5.25. The lowest BCUT2D eigenvalue weighted by Crippen LogP contribution is -2.15. The Morgan fingerprint density at radius 2 is 2.45 bits per heavy atom. The van der Waals surface area contributed by atoms with Gasteiger partial charge in [0.15, 0.2) is 0 Å². The Morgan fingerprint density at radius 3 is 2.91 bits per heavy atom. The van der Waals surface area contributed by atoms with Gasteiger partial charge in [0.1, 0.15) is 11.5 Å². The largest absolute Gasteiger partial charge is 0.392 e. The molecule has 0 radical (unpaired) electrons. The van der Waals surface area contributed by atoms with Crippen molar-refractivity contribution in [2.75, 3.05) is 0 Å². The van der Waals surface area contributed by atoms with Crippen LogP contribution in [0.5, 0.6) is 0 Å². The van der Waals surface area contributed by atoms with Crippen LogP contribution >= 0.6 is 0 Å². The predicted molar refractivity (Wildman–Crippen MR) is 41.2 cm³/mol. The van der Waals surface area contributed by atoms with Gasteiger partial charge in [-0.3, -0.25) is 10.4 Å². The monoisotopic (exact) mass is 151 g/mol. The first-order valence-electron chi connectivity index (χ1n) is 3.15. The maximum atomic E-state index is 8.78. The lowest BCUT2D eigenvalue weighted by Gasteiger charge is -2.01. The fourth-order valence-corrected chi connectivity index (χ4v) is 0.809.